The Morgan fingerprint density at radius 2 is 2.05 bits per heavy atom. The van der Waals surface area contributed by atoms with Gasteiger partial charge in [0.1, 0.15) is 12.4 Å². The summed E-state index contributed by atoms with van der Waals surface area (Å²) in [5.41, 5.74) is 7.94. The van der Waals surface area contributed by atoms with E-state index in [4.69, 9.17) is 10.5 Å². The second kappa shape index (κ2) is 5.52. The number of aryl methyl sites for hydroxylation is 1. The number of anilines is 1. The number of carbonyl (C=O) groups excluding carboxylic acids is 1. The molecule has 19 heavy (non-hydrogen) atoms. The molecule has 0 bridgehead atoms. The highest BCUT2D eigenvalue weighted by molar-refractivity contribution is 5.95. The first-order chi connectivity index (χ1) is 9.06. The van der Waals surface area contributed by atoms with Crippen molar-refractivity contribution in [2.45, 2.75) is 13.5 Å². The summed E-state index contributed by atoms with van der Waals surface area (Å²) in [7, 11) is 0. The summed E-state index contributed by atoms with van der Waals surface area (Å²) in [5, 5.41) is 0. The van der Waals surface area contributed by atoms with Crippen molar-refractivity contribution in [2.24, 2.45) is 0 Å². The molecule has 0 amide bonds. The van der Waals surface area contributed by atoms with Gasteiger partial charge in [0.05, 0.1) is 5.56 Å². The van der Waals surface area contributed by atoms with Crippen molar-refractivity contribution in [3.05, 3.63) is 65.0 Å². The number of hydrogen-bond donors (Lipinski definition) is 1. The number of nitrogen functional groups attached to an aromatic ring is 1. The third-order valence-corrected chi connectivity index (χ3v) is 2.69. The molecule has 3 nitrogen and oxygen atoms in total. The predicted octanol–water partition coefficient (Wildman–Crippen LogP) is 3.07. The van der Waals surface area contributed by atoms with Crippen molar-refractivity contribution in [1.29, 1.82) is 0 Å². The molecule has 2 aromatic carbocycles. The van der Waals surface area contributed by atoms with Crippen LogP contribution in [0.2, 0.25) is 0 Å². The third kappa shape index (κ3) is 3.31. The minimum Gasteiger partial charge on any atom is -0.457 e. The van der Waals surface area contributed by atoms with E-state index < -0.39 is 5.97 Å². The maximum atomic E-state index is 13.0. The summed E-state index contributed by atoms with van der Waals surface area (Å²) >= 11 is 0. The van der Waals surface area contributed by atoms with E-state index in [1.54, 1.807) is 24.3 Å². The summed E-state index contributed by atoms with van der Waals surface area (Å²) in [5.74, 6) is -0.867. The van der Waals surface area contributed by atoms with E-state index >= 15 is 0 Å². The number of ether oxygens (including phenoxy) is 1. The molecule has 4 heteroatoms. The zero-order valence-electron chi connectivity index (χ0n) is 10.5. The average molecular weight is 259 g/mol. The lowest BCUT2D eigenvalue weighted by atomic mass is 10.1. The minimum absolute atomic E-state index is 0.0178. The Labute approximate surface area is 110 Å². The van der Waals surface area contributed by atoms with E-state index in [0.29, 0.717) is 16.8 Å². The number of nitrogens with two attached hydrogens (primary N) is 1. The van der Waals surface area contributed by atoms with Crippen LogP contribution in [-0.2, 0) is 11.3 Å². The number of carbonyl (C=O) groups is 1. The van der Waals surface area contributed by atoms with E-state index in [1.807, 2.05) is 13.0 Å². The molecule has 2 aromatic rings. The third-order valence-electron chi connectivity index (χ3n) is 2.69. The molecule has 0 radical (unpaired) electrons. The van der Waals surface area contributed by atoms with Gasteiger partial charge < -0.3 is 10.5 Å². The normalized spacial score (nSPS) is 10.2. The molecule has 98 valence electrons. The molecule has 0 saturated heterocycles. The molecule has 0 aliphatic heterocycles. The number of halogens is 1. The van der Waals surface area contributed by atoms with Crippen LogP contribution in [0.1, 0.15) is 21.5 Å². The van der Waals surface area contributed by atoms with Crippen molar-refractivity contribution in [3.63, 3.8) is 0 Å². The van der Waals surface area contributed by atoms with Gasteiger partial charge in [0.15, 0.2) is 0 Å². The zero-order valence-corrected chi connectivity index (χ0v) is 10.5. The Bertz CT molecular complexity index is 611. The fourth-order valence-corrected chi connectivity index (χ4v) is 1.70. The molecule has 2 N–H and O–H groups in total. The molecule has 0 heterocycles. The second-order valence-corrected chi connectivity index (χ2v) is 4.30. The first-order valence-electron chi connectivity index (χ1n) is 5.84. The lowest BCUT2D eigenvalue weighted by Crippen LogP contribution is -2.08. The molecule has 0 fully saturated rings. The van der Waals surface area contributed by atoms with Gasteiger partial charge >= 0.3 is 5.97 Å². The van der Waals surface area contributed by atoms with Crippen LogP contribution in [-0.4, -0.2) is 5.97 Å². The fraction of sp³-hybridized carbons (Fsp3) is 0.133. The summed E-state index contributed by atoms with van der Waals surface area (Å²) in [6.07, 6.45) is 0. The highest BCUT2D eigenvalue weighted by Gasteiger charge is 2.11. The summed E-state index contributed by atoms with van der Waals surface area (Å²) in [4.78, 5) is 11.9. The second-order valence-electron chi connectivity index (χ2n) is 4.30. The molecule has 0 unspecified atom stereocenters. The van der Waals surface area contributed by atoms with Crippen LogP contribution < -0.4 is 5.73 Å². The highest BCUT2D eigenvalue weighted by atomic mass is 19.1. The van der Waals surface area contributed by atoms with Crippen LogP contribution in [0.4, 0.5) is 10.1 Å². The molecule has 2 rings (SSSR count). The Balaban J connectivity index is 2.07. The Hall–Kier alpha value is -2.36. The number of esters is 1. The number of benzene rings is 2. The largest absolute Gasteiger partial charge is 0.457 e. The van der Waals surface area contributed by atoms with Gasteiger partial charge in [-0.2, -0.15) is 0 Å². The standard InChI is InChI=1S/C15H14FNO2/c1-10-5-6-14(17)13(7-10)15(18)19-9-11-3-2-4-12(16)8-11/h2-8H,9,17H2,1H3. The van der Waals surface area contributed by atoms with Crippen LogP contribution in [0.25, 0.3) is 0 Å². The molecule has 0 saturated carbocycles. The number of hydrogen-bond acceptors (Lipinski definition) is 3. The van der Waals surface area contributed by atoms with E-state index in [1.165, 1.54) is 12.1 Å². The van der Waals surface area contributed by atoms with E-state index in [2.05, 4.69) is 0 Å². The van der Waals surface area contributed by atoms with Crippen LogP contribution >= 0.6 is 0 Å². The minimum atomic E-state index is -0.509. The Morgan fingerprint density at radius 1 is 1.26 bits per heavy atom. The average Bonchev–Trinajstić information content (AvgIpc) is 2.39. The maximum Gasteiger partial charge on any atom is 0.340 e. The molecule has 0 atom stereocenters. The topological polar surface area (TPSA) is 52.3 Å². The van der Waals surface area contributed by atoms with Crippen molar-refractivity contribution in [2.75, 3.05) is 5.73 Å². The SMILES string of the molecule is Cc1ccc(N)c(C(=O)OCc2cccc(F)c2)c1. The molecule has 0 aliphatic rings. The van der Waals surface area contributed by atoms with E-state index in [9.17, 15) is 9.18 Å². The van der Waals surface area contributed by atoms with Gasteiger partial charge in [0.25, 0.3) is 0 Å². The fourth-order valence-electron chi connectivity index (χ4n) is 1.70. The summed E-state index contributed by atoms with van der Waals surface area (Å²) in [6.45, 7) is 1.88. The molecular formula is C15H14FNO2. The Morgan fingerprint density at radius 3 is 2.79 bits per heavy atom. The molecular weight excluding hydrogens is 245 g/mol. The monoisotopic (exact) mass is 259 g/mol. The van der Waals surface area contributed by atoms with Crippen LogP contribution in [0.15, 0.2) is 42.5 Å². The van der Waals surface area contributed by atoms with Crippen molar-refractivity contribution in [1.82, 2.24) is 0 Å². The van der Waals surface area contributed by atoms with Crippen LogP contribution in [0.3, 0.4) is 0 Å². The molecule has 0 aromatic heterocycles. The quantitative estimate of drug-likeness (QED) is 0.680. The van der Waals surface area contributed by atoms with Crippen molar-refractivity contribution >= 4 is 11.7 Å². The maximum absolute atomic E-state index is 13.0. The molecule has 0 spiro atoms. The summed E-state index contributed by atoms with van der Waals surface area (Å²) < 4.78 is 18.1. The van der Waals surface area contributed by atoms with E-state index in [-0.39, 0.29) is 12.4 Å². The first-order valence-corrected chi connectivity index (χ1v) is 5.84. The van der Waals surface area contributed by atoms with Crippen LogP contribution in [0, 0.1) is 12.7 Å². The van der Waals surface area contributed by atoms with Gasteiger partial charge in [-0.3, -0.25) is 0 Å². The summed E-state index contributed by atoms with van der Waals surface area (Å²) in [6, 6.07) is 11.1. The lowest BCUT2D eigenvalue weighted by molar-refractivity contribution is 0.0473. The smallest absolute Gasteiger partial charge is 0.340 e. The van der Waals surface area contributed by atoms with Gasteiger partial charge in [0, 0.05) is 5.69 Å². The number of rotatable bonds is 3. The predicted molar refractivity (Wildman–Crippen MR) is 71.1 cm³/mol. The lowest BCUT2D eigenvalue weighted by Gasteiger charge is -2.08. The van der Waals surface area contributed by atoms with E-state index in [0.717, 1.165) is 5.56 Å². The van der Waals surface area contributed by atoms with Gasteiger partial charge in [-0.25, -0.2) is 9.18 Å². The van der Waals surface area contributed by atoms with Gasteiger partial charge in [-0.1, -0.05) is 23.8 Å². The van der Waals surface area contributed by atoms with Crippen LogP contribution in [0.5, 0.6) is 0 Å². The van der Waals surface area contributed by atoms with Gasteiger partial charge in [-0.05, 0) is 36.8 Å². The molecule has 0 aliphatic carbocycles. The van der Waals surface area contributed by atoms with Crippen molar-refractivity contribution in [3.8, 4) is 0 Å². The first kappa shape index (κ1) is 13.1. The van der Waals surface area contributed by atoms with Crippen molar-refractivity contribution < 1.29 is 13.9 Å². The zero-order chi connectivity index (χ0) is 13.8. The highest BCUT2D eigenvalue weighted by Crippen LogP contribution is 2.16. The Kier molecular flexibility index (Phi) is 3.80. The van der Waals surface area contributed by atoms with Gasteiger partial charge in [-0.15, -0.1) is 0 Å². The van der Waals surface area contributed by atoms with Gasteiger partial charge in [0.2, 0.25) is 0 Å².